The van der Waals surface area contributed by atoms with E-state index < -0.39 is 0 Å². The van der Waals surface area contributed by atoms with E-state index in [2.05, 4.69) is 0 Å². The Bertz CT molecular complexity index is 786. The third kappa shape index (κ3) is 2.55. The van der Waals surface area contributed by atoms with Crippen molar-refractivity contribution >= 4 is 23.6 Å². The summed E-state index contributed by atoms with van der Waals surface area (Å²) in [7, 11) is 0. The second-order valence-corrected chi connectivity index (χ2v) is 6.39. The van der Waals surface area contributed by atoms with Gasteiger partial charge in [0.1, 0.15) is 11.6 Å². The smallest absolute Gasteiger partial charge is 0.191 e. The van der Waals surface area contributed by atoms with Gasteiger partial charge in [-0.05, 0) is 60.9 Å². The van der Waals surface area contributed by atoms with Crippen molar-refractivity contribution in [2.75, 3.05) is 5.75 Å². The monoisotopic (exact) mass is 314 g/mol. The first-order chi connectivity index (χ1) is 10.5. The molecule has 0 aliphatic carbocycles. The Kier molecular flexibility index (Phi) is 3.79. The molecule has 2 aromatic rings. The van der Waals surface area contributed by atoms with Crippen LogP contribution >= 0.6 is 11.8 Å². The summed E-state index contributed by atoms with van der Waals surface area (Å²) in [6.45, 7) is 3.65. The third-order valence-corrected chi connectivity index (χ3v) is 4.89. The highest BCUT2D eigenvalue weighted by molar-refractivity contribution is 7.99. The molecule has 0 unspecified atom stereocenters. The Labute approximate surface area is 132 Å². The minimum atomic E-state index is -0.341. The van der Waals surface area contributed by atoms with Crippen LogP contribution in [0.15, 0.2) is 40.8 Å². The molecule has 0 atom stereocenters. The highest BCUT2D eigenvalue weighted by atomic mass is 32.2. The summed E-state index contributed by atoms with van der Waals surface area (Å²) >= 11 is 1.34. The molecule has 0 saturated heterocycles. The van der Waals surface area contributed by atoms with E-state index in [1.54, 1.807) is 12.1 Å². The number of phenolic OH excluding ortho intramolecular Hbond substituents is 1. The Morgan fingerprint density at radius 3 is 2.59 bits per heavy atom. The van der Waals surface area contributed by atoms with Gasteiger partial charge in [-0.25, -0.2) is 4.39 Å². The maximum Gasteiger partial charge on any atom is 0.191 e. The van der Waals surface area contributed by atoms with Gasteiger partial charge in [0, 0.05) is 16.9 Å². The lowest BCUT2D eigenvalue weighted by atomic mass is 9.99. The number of carbonyl (C=O) groups is 1. The zero-order valence-corrected chi connectivity index (χ0v) is 13.1. The quantitative estimate of drug-likeness (QED) is 0.786. The predicted octanol–water partition coefficient (Wildman–Crippen LogP) is 4.52. The molecular weight excluding hydrogens is 299 g/mol. The van der Waals surface area contributed by atoms with Crippen LogP contribution in [-0.4, -0.2) is 16.6 Å². The molecule has 1 N–H and O–H groups in total. The third-order valence-electron chi connectivity index (χ3n) is 3.73. The number of ketones is 1. The highest BCUT2D eigenvalue weighted by Gasteiger charge is 2.24. The molecule has 2 aromatic carbocycles. The number of benzene rings is 2. The van der Waals surface area contributed by atoms with Gasteiger partial charge in [0.25, 0.3) is 0 Å². The fraction of sp³-hybridized carbons (Fsp3) is 0.167. The number of Topliss-reactive ketones (excluding diaryl/α,β-unsaturated/α-hetero) is 1. The summed E-state index contributed by atoms with van der Waals surface area (Å²) < 4.78 is 13.7. The molecule has 4 heteroatoms. The first kappa shape index (κ1) is 14.9. The minimum absolute atomic E-state index is 0.128. The highest BCUT2D eigenvalue weighted by Crippen LogP contribution is 2.35. The van der Waals surface area contributed by atoms with Gasteiger partial charge in [-0.1, -0.05) is 6.07 Å². The predicted molar refractivity (Wildman–Crippen MR) is 87.0 cm³/mol. The Morgan fingerprint density at radius 1 is 1.23 bits per heavy atom. The summed E-state index contributed by atoms with van der Waals surface area (Å²) in [4.78, 5) is 12.9. The molecule has 1 aliphatic rings. The van der Waals surface area contributed by atoms with Gasteiger partial charge in [-0.3, -0.25) is 4.79 Å². The lowest BCUT2D eigenvalue weighted by Gasteiger charge is -2.17. The molecule has 1 heterocycles. The Balaban J connectivity index is 2.02. The summed E-state index contributed by atoms with van der Waals surface area (Å²) in [5.74, 6) is 0.257. The molecule has 3 rings (SSSR count). The van der Waals surface area contributed by atoms with Crippen LogP contribution in [0, 0.1) is 19.7 Å². The number of carbonyl (C=O) groups excluding carboxylic acids is 1. The number of thioether (sulfide) groups is 1. The summed E-state index contributed by atoms with van der Waals surface area (Å²) in [5.41, 5.74) is 3.49. The van der Waals surface area contributed by atoms with E-state index in [0.717, 1.165) is 16.7 Å². The van der Waals surface area contributed by atoms with Crippen molar-refractivity contribution in [1.82, 2.24) is 0 Å². The molecule has 0 bridgehead atoms. The number of fused-ring (bicyclic) bond motifs is 1. The van der Waals surface area contributed by atoms with Gasteiger partial charge in [0.15, 0.2) is 5.78 Å². The lowest BCUT2D eigenvalue weighted by Crippen LogP contribution is -2.13. The second kappa shape index (κ2) is 5.61. The van der Waals surface area contributed by atoms with Crippen molar-refractivity contribution < 1.29 is 14.3 Å². The number of phenols is 1. The summed E-state index contributed by atoms with van der Waals surface area (Å²) in [6.07, 6.45) is 1.82. The van der Waals surface area contributed by atoms with Crippen molar-refractivity contribution in [2.24, 2.45) is 0 Å². The van der Waals surface area contributed by atoms with E-state index in [-0.39, 0.29) is 17.3 Å². The fourth-order valence-corrected chi connectivity index (χ4v) is 3.64. The first-order valence-electron chi connectivity index (χ1n) is 6.94. The Hall–Kier alpha value is -2.07. The average Bonchev–Trinajstić information content (AvgIpc) is 2.48. The van der Waals surface area contributed by atoms with Gasteiger partial charge in [0.05, 0.1) is 4.90 Å². The standard InChI is InChI=1S/C18H15FO2S/c1-10-6-12(7-11(2)16(10)20)8-13-9-22-18-14(17(13)21)4-3-5-15(18)19/h3-8,20H,9H2,1-2H3/b13-8-. The van der Waals surface area contributed by atoms with Gasteiger partial charge >= 0.3 is 0 Å². The molecule has 0 fully saturated rings. The van der Waals surface area contributed by atoms with Gasteiger partial charge < -0.3 is 5.11 Å². The normalized spacial score (nSPS) is 16.0. The minimum Gasteiger partial charge on any atom is -0.507 e. The van der Waals surface area contributed by atoms with Crippen molar-refractivity contribution in [3.63, 3.8) is 0 Å². The molecule has 0 aromatic heterocycles. The van der Waals surface area contributed by atoms with Crippen LogP contribution in [0.1, 0.15) is 27.0 Å². The SMILES string of the molecule is Cc1cc(/C=C2/CSc3c(F)cccc3C2=O)cc(C)c1O. The molecule has 2 nitrogen and oxygen atoms in total. The van der Waals surface area contributed by atoms with Gasteiger partial charge in [0.2, 0.25) is 0 Å². The zero-order chi connectivity index (χ0) is 15.9. The van der Waals surface area contributed by atoms with Crippen LogP contribution in [-0.2, 0) is 0 Å². The number of hydrogen-bond donors (Lipinski definition) is 1. The fourth-order valence-electron chi connectivity index (χ4n) is 2.60. The molecule has 0 spiro atoms. The number of aromatic hydroxyl groups is 1. The number of aryl methyl sites for hydroxylation is 2. The van der Waals surface area contributed by atoms with E-state index >= 15 is 0 Å². The topological polar surface area (TPSA) is 37.3 Å². The van der Waals surface area contributed by atoms with Crippen LogP contribution in [0.25, 0.3) is 6.08 Å². The summed E-state index contributed by atoms with van der Waals surface area (Å²) in [6, 6.07) is 8.28. The molecular formula is C18H15FO2S. The molecule has 0 saturated carbocycles. The van der Waals surface area contributed by atoms with Gasteiger partial charge in [-0.15, -0.1) is 11.8 Å². The maximum atomic E-state index is 13.7. The summed E-state index contributed by atoms with van der Waals surface area (Å²) in [5, 5.41) is 9.82. The van der Waals surface area contributed by atoms with Gasteiger partial charge in [-0.2, -0.15) is 0 Å². The van der Waals surface area contributed by atoms with Crippen LogP contribution in [0.3, 0.4) is 0 Å². The van der Waals surface area contributed by atoms with Crippen LogP contribution < -0.4 is 0 Å². The molecule has 1 aliphatic heterocycles. The first-order valence-corrected chi connectivity index (χ1v) is 7.92. The van der Waals surface area contributed by atoms with Crippen LogP contribution in [0.5, 0.6) is 5.75 Å². The molecule has 112 valence electrons. The van der Waals surface area contributed by atoms with E-state index in [0.29, 0.717) is 21.8 Å². The molecule has 0 amide bonds. The van der Waals surface area contributed by atoms with Crippen molar-refractivity contribution in [2.45, 2.75) is 18.7 Å². The average molecular weight is 314 g/mol. The van der Waals surface area contributed by atoms with Crippen molar-refractivity contribution in [3.8, 4) is 5.75 Å². The zero-order valence-electron chi connectivity index (χ0n) is 12.3. The van der Waals surface area contributed by atoms with E-state index in [9.17, 15) is 14.3 Å². The number of rotatable bonds is 1. The van der Waals surface area contributed by atoms with E-state index in [1.165, 1.54) is 17.8 Å². The van der Waals surface area contributed by atoms with E-state index in [1.807, 2.05) is 32.1 Å². The molecule has 22 heavy (non-hydrogen) atoms. The second-order valence-electron chi connectivity index (χ2n) is 5.41. The Morgan fingerprint density at radius 2 is 1.91 bits per heavy atom. The molecule has 0 radical (unpaired) electrons. The van der Waals surface area contributed by atoms with Crippen LogP contribution in [0.2, 0.25) is 0 Å². The number of hydrogen-bond acceptors (Lipinski definition) is 3. The van der Waals surface area contributed by atoms with E-state index in [4.69, 9.17) is 0 Å². The van der Waals surface area contributed by atoms with Crippen LogP contribution in [0.4, 0.5) is 4.39 Å². The van der Waals surface area contributed by atoms with Crippen molar-refractivity contribution in [3.05, 3.63) is 64.0 Å². The number of halogens is 1. The maximum absolute atomic E-state index is 13.7. The lowest BCUT2D eigenvalue weighted by molar-refractivity contribution is 0.103. The van der Waals surface area contributed by atoms with Crippen molar-refractivity contribution in [1.29, 1.82) is 0 Å². The largest absolute Gasteiger partial charge is 0.507 e.